The Balaban J connectivity index is 1.09. The van der Waals surface area contributed by atoms with Gasteiger partial charge in [0.2, 0.25) is 11.5 Å². The van der Waals surface area contributed by atoms with Crippen molar-refractivity contribution in [3.63, 3.8) is 0 Å². The van der Waals surface area contributed by atoms with Crippen LogP contribution in [0.2, 0.25) is 0 Å². The molecule has 22 nitrogen and oxygen atoms in total. The predicted octanol–water partition coefficient (Wildman–Crippen LogP) is 3.44. The summed E-state index contributed by atoms with van der Waals surface area (Å²) in [6.45, 7) is 1.84. The summed E-state index contributed by atoms with van der Waals surface area (Å²) in [5, 5.41) is 22.3. The zero-order chi connectivity index (χ0) is 41.5. The normalized spacial score (nSPS) is 11.1. The summed E-state index contributed by atoms with van der Waals surface area (Å²) >= 11 is 0. The van der Waals surface area contributed by atoms with Crippen molar-refractivity contribution in [2.45, 2.75) is 33.0 Å². The number of nitro groups is 2. The maximum atomic E-state index is 13.2. The standard InChI is InChI=1S/C36H30N6O16/c1-20-37-15-31(41(48)49)39(20)9-11-52-35(46)29-13-23(44)33-25(5-3-7-27(33)57-29)54-17-22(56-19-43)18-55-26-6-4-8-28-34(26)24(45)14-30(58-28)36(47)53-12-10-40-21(2)38-16-32(40)42(50)51/h3-8,13-16,19,22H,9-12,17-18H2,1-2H3. The molecule has 4 aromatic heterocycles. The average molecular weight is 803 g/mol. The third-order valence-corrected chi connectivity index (χ3v) is 8.47. The third kappa shape index (κ3) is 8.64. The van der Waals surface area contributed by atoms with E-state index in [1.165, 1.54) is 45.5 Å². The van der Waals surface area contributed by atoms with Crippen LogP contribution in [0.4, 0.5) is 11.6 Å². The smallest absolute Gasteiger partial charge is 0.374 e. The van der Waals surface area contributed by atoms with Gasteiger partial charge in [-0.05, 0) is 34.1 Å². The molecule has 0 unspecified atom stereocenters. The minimum absolute atomic E-state index is 0.0113. The molecule has 22 heteroatoms. The fourth-order valence-corrected chi connectivity index (χ4v) is 5.73. The van der Waals surface area contributed by atoms with Gasteiger partial charge in [0, 0.05) is 26.0 Å². The molecular formula is C36H30N6O16. The highest BCUT2D eigenvalue weighted by Gasteiger charge is 2.23. The third-order valence-electron chi connectivity index (χ3n) is 8.47. The molecular weight excluding hydrogens is 772 g/mol. The number of ether oxygens (including phenoxy) is 5. The number of nitrogens with zero attached hydrogens (tertiary/aromatic N) is 6. The molecule has 0 bridgehead atoms. The number of aromatic nitrogens is 4. The SMILES string of the molecule is Cc1ncc([N+](=O)[O-])n1CCOC(=O)c1cc(=O)c2c(OCC(COc3cccc4oc(C(=O)OCCn5c([N+](=O)[O-])cnc5C)cc(=O)c34)OC=O)cccc2o1. The van der Waals surface area contributed by atoms with E-state index in [0.29, 0.717) is 11.6 Å². The first-order valence-electron chi connectivity index (χ1n) is 17.0. The lowest BCUT2D eigenvalue weighted by Gasteiger charge is -2.18. The number of hydrogen-bond acceptors (Lipinski definition) is 18. The van der Waals surface area contributed by atoms with E-state index in [-0.39, 0.29) is 91.1 Å². The van der Waals surface area contributed by atoms with Crippen LogP contribution in [0, 0.1) is 34.1 Å². The molecule has 0 radical (unpaired) electrons. The maximum absolute atomic E-state index is 13.2. The van der Waals surface area contributed by atoms with Crippen molar-refractivity contribution in [2.24, 2.45) is 0 Å². The van der Waals surface area contributed by atoms with Crippen LogP contribution in [0.25, 0.3) is 21.9 Å². The van der Waals surface area contributed by atoms with Crippen molar-refractivity contribution in [1.82, 2.24) is 19.1 Å². The maximum Gasteiger partial charge on any atom is 0.374 e. The van der Waals surface area contributed by atoms with Crippen LogP contribution in [-0.2, 0) is 32.1 Å². The van der Waals surface area contributed by atoms with Gasteiger partial charge >= 0.3 is 23.6 Å². The van der Waals surface area contributed by atoms with Gasteiger partial charge in [-0.1, -0.05) is 12.1 Å². The fourth-order valence-electron chi connectivity index (χ4n) is 5.73. The van der Waals surface area contributed by atoms with Gasteiger partial charge in [-0.2, -0.15) is 0 Å². The molecule has 0 atom stereocenters. The lowest BCUT2D eigenvalue weighted by Crippen LogP contribution is -2.28. The van der Waals surface area contributed by atoms with E-state index >= 15 is 0 Å². The highest BCUT2D eigenvalue weighted by Crippen LogP contribution is 2.26. The second kappa shape index (κ2) is 17.3. The number of aryl methyl sites for hydroxylation is 2. The lowest BCUT2D eigenvalue weighted by molar-refractivity contribution is -0.392. The van der Waals surface area contributed by atoms with Crippen molar-refractivity contribution in [3.8, 4) is 11.5 Å². The number of imidazole rings is 2. The zero-order valence-corrected chi connectivity index (χ0v) is 30.4. The lowest BCUT2D eigenvalue weighted by atomic mass is 10.2. The highest BCUT2D eigenvalue weighted by atomic mass is 16.6. The molecule has 6 aromatic rings. The minimum atomic E-state index is -1.09. The van der Waals surface area contributed by atoms with Crippen LogP contribution in [0.5, 0.6) is 11.5 Å². The van der Waals surface area contributed by atoms with E-state index in [2.05, 4.69) is 9.97 Å². The van der Waals surface area contributed by atoms with E-state index in [4.69, 9.17) is 32.5 Å². The van der Waals surface area contributed by atoms with E-state index in [1.54, 1.807) is 13.8 Å². The number of hydrogen-bond donors (Lipinski definition) is 0. The number of carbonyl (C=O) groups is 3. The van der Waals surface area contributed by atoms with Gasteiger partial charge < -0.3 is 52.7 Å². The number of carbonyl (C=O) groups excluding carboxylic acids is 3. The largest absolute Gasteiger partial charge is 0.489 e. The number of fused-ring (bicyclic) bond motifs is 2. The predicted molar refractivity (Wildman–Crippen MR) is 195 cm³/mol. The van der Waals surface area contributed by atoms with Gasteiger partial charge in [0.05, 0.1) is 0 Å². The Morgan fingerprint density at radius 3 is 1.59 bits per heavy atom. The molecule has 0 aliphatic heterocycles. The Labute approximate surface area is 323 Å². The molecule has 6 rings (SSSR count). The molecule has 0 amide bonds. The molecule has 0 saturated carbocycles. The first kappa shape index (κ1) is 39.8. The topological polar surface area (TPSA) is 280 Å². The van der Waals surface area contributed by atoms with Crippen molar-refractivity contribution in [3.05, 3.63) is 125 Å². The summed E-state index contributed by atoms with van der Waals surface area (Å²) in [6, 6.07) is 10.5. The number of rotatable bonds is 18. The van der Waals surface area contributed by atoms with E-state index in [9.17, 15) is 44.2 Å². The molecule has 58 heavy (non-hydrogen) atoms. The van der Waals surface area contributed by atoms with Crippen LogP contribution in [0.1, 0.15) is 32.8 Å². The molecule has 2 aromatic carbocycles. The second-order valence-electron chi connectivity index (χ2n) is 12.1. The van der Waals surface area contributed by atoms with Crippen LogP contribution < -0.4 is 20.3 Å². The summed E-state index contributed by atoms with van der Waals surface area (Å²) in [6.07, 6.45) is 1.08. The molecule has 0 aliphatic carbocycles. The minimum Gasteiger partial charge on any atom is -0.489 e. The molecule has 4 heterocycles. The van der Waals surface area contributed by atoms with Crippen molar-refractivity contribution in [1.29, 1.82) is 0 Å². The van der Waals surface area contributed by atoms with Crippen LogP contribution in [0.15, 0.2) is 79.3 Å². The van der Waals surface area contributed by atoms with Gasteiger partial charge in [0.15, 0.2) is 28.6 Å². The summed E-state index contributed by atoms with van der Waals surface area (Å²) in [5.74, 6) is -2.71. The molecule has 0 spiro atoms. The van der Waals surface area contributed by atoms with Crippen molar-refractivity contribution in [2.75, 3.05) is 26.4 Å². The Morgan fingerprint density at radius 2 is 1.19 bits per heavy atom. The second-order valence-corrected chi connectivity index (χ2v) is 12.1. The highest BCUT2D eigenvalue weighted by molar-refractivity contribution is 5.91. The van der Waals surface area contributed by atoms with Gasteiger partial charge in [-0.15, -0.1) is 0 Å². The quantitative estimate of drug-likeness (QED) is 0.0395. The first-order chi connectivity index (χ1) is 27.9. The van der Waals surface area contributed by atoms with Gasteiger partial charge in [0.1, 0.15) is 85.3 Å². The Bertz CT molecular complexity index is 2500. The van der Waals surface area contributed by atoms with Crippen molar-refractivity contribution < 1.29 is 56.7 Å². The average Bonchev–Trinajstić information content (AvgIpc) is 3.76. The molecule has 300 valence electrons. The van der Waals surface area contributed by atoms with E-state index in [0.717, 1.165) is 24.5 Å². The van der Waals surface area contributed by atoms with Gasteiger partial charge in [0.25, 0.3) is 6.47 Å². The Morgan fingerprint density at radius 1 is 0.759 bits per heavy atom. The molecule has 0 saturated heterocycles. The Hall–Kier alpha value is -7.91. The number of benzene rings is 2. The van der Waals surface area contributed by atoms with E-state index < -0.39 is 50.3 Å². The fraction of sp³-hybridized carbons (Fsp3) is 0.250. The van der Waals surface area contributed by atoms with Crippen molar-refractivity contribution >= 4 is 52.0 Å². The zero-order valence-electron chi connectivity index (χ0n) is 30.4. The summed E-state index contributed by atoms with van der Waals surface area (Å²) in [7, 11) is 0. The number of esters is 2. The summed E-state index contributed by atoms with van der Waals surface area (Å²) in [5.41, 5.74) is -1.41. The summed E-state index contributed by atoms with van der Waals surface area (Å²) in [4.78, 5) is 92.1. The molecule has 0 N–H and O–H groups in total. The molecule has 0 fully saturated rings. The van der Waals surface area contributed by atoms with E-state index in [1.807, 2.05) is 0 Å². The van der Waals surface area contributed by atoms with Crippen LogP contribution in [0.3, 0.4) is 0 Å². The monoisotopic (exact) mass is 802 g/mol. The first-order valence-corrected chi connectivity index (χ1v) is 17.0. The van der Waals surface area contributed by atoms with Gasteiger partial charge in [-0.25, -0.2) is 28.7 Å². The molecule has 0 aliphatic rings. The van der Waals surface area contributed by atoms with Crippen LogP contribution >= 0.6 is 0 Å². The van der Waals surface area contributed by atoms with Gasteiger partial charge in [-0.3, -0.25) is 14.4 Å². The van der Waals surface area contributed by atoms with Crippen LogP contribution in [-0.4, -0.2) is 79.9 Å². The summed E-state index contributed by atoms with van der Waals surface area (Å²) < 4.78 is 40.8. The Kier molecular flexibility index (Phi) is 11.8.